The molecule has 2 aliphatic rings. The van der Waals surface area contributed by atoms with Gasteiger partial charge in [-0.2, -0.15) is 4.98 Å². The van der Waals surface area contributed by atoms with E-state index in [1.54, 1.807) is 0 Å². The fourth-order valence-electron chi connectivity index (χ4n) is 4.18. The van der Waals surface area contributed by atoms with E-state index in [4.69, 9.17) is 4.74 Å². The SMILES string of the molecule is CC(C(=O)Nc1nc2c(ncn2[C@@H]2O[C@H](CO)[C@@H](O)[C@H]2O)c(=O)[nH]1)C1CCCC1. The zero-order chi connectivity index (χ0) is 20.7. The van der Waals surface area contributed by atoms with Gasteiger partial charge in [0.05, 0.1) is 12.9 Å². The van der Waals surface area contributed by atoms with Crippen molar-refractivity contribution < 1.29 is 24.9 Å². The summed E-state index contributed by atoms with van der Waals surface area (Å²) >= 11 is 0. The third kappa shape index (κ3) is 3.54. The summed E-state index contributed by atoms with van der Waals surface area (Å²) in [6.07, 6.45) is 0.829. The largest absolute Gasteiger partial charge is 0.394 e. The first-order chi connectivity index (χ1) is 13.9. The van der Waals surface area contributed by atoms with Gasteiger partial charge in [0.1, 0.15) is 18.3 Å². The Kier molecular flexibility index (Phi) is 5.38. The maximum Gasteiger partial charge on any atom is 0.280 e. The highest BCUT2D eigenvalue weighted by atomic mass is 16.6. The third-order valence-electron chi connectivity index (χ3n) is 5.99. The van der Waals surface area contributed by atoms with Crippen LogP contribution >= 0.6 is 0 Å². The lowest BCUT2D eigenvalue weighted by atomic mass is 9.92. The number of H-pyrrole nitrogens is 1. The molecule has 0 radical (unpaired) electrons. The molecule has 3 heterocycles. The number of aromatic nitrogens is 4. The molecule has 158 valence electrons. The highest BCUT2D eigenvalue weighted by Crippen LogP contribution is 2.32. The number of aromatic amines is 1. The van der Waals surface area contributed by atoms with Crippen LogP contribution in [0.3, 0.4) is 0 Å². The van der Waals surface area contributed by atoms with Crippen molar-refractivity contribution in [3.05, 3.63) is 16.7 Å². The topological polar surface area (TPSA) is 163 Å². The molecule has 1 saturated carbocycles. The fourth-order valence-corrected chi connectivity index (χ4v) is 4.18. The van der Waals surface area contributed by atoms with E-state index in [1.165, 1.54) is 10.9 Å². The zero-order valence-corrected chi connectivity index (χ0v) is 16.0. The van der Waals surface area contributed by atoms with Crippen LogP contribution < -0.4 is 10.9 Å². The van der Waals surface area contributed by atoms with Crippen LogP contribution in [0, 0.1) is 11.8 Å². The molecule has 1 aliphatic heterocycles. The number of nitrogens with zero attached hydrogens (tertiary/aromatic N) is 3. The Morgan fingerprint density at radius 2 is 2.10 bits per heavy atom. The Labute approximate surface area is 165 Å². The lowest BCUT2D eigenvalue weighted by molar-refractivity contribution is -0.120. The minimum Gasteiger partial charge on any atom is -0.394 e. The van der Waals surface area contributed by atoms with Crippen molar-refractivity contribution in [1.29, 1.82) is 0 Å². The molecule has 11 nitrogen and oxygen atoms in total. The van der Waals surface area contributed by atoms with E-state index >= 15 is 0 Å². The first-order valence-electron chi connectivity index (χ1n) is 9.81. The van der Waals surface area contributed by atoms with Gasteiger partial charge in [-0.1, -0.05) is 19.8 Å². The van der Waals surface area contributed by atoms with Crippen molar-refractivity contribution in [2.24, 2.45) is 11.8 Å². The molecule has 4 rings (SSSR count). The van der Waals surface area contributed by atoms with Gasteiger partial charge in [0.2, 0.25) is 11.9 Å². The van der Waals surface area contributed by atoms with E-state index in [9.17, 15) is 24.9 Å². The van der Waals surface area contributed by atoms with Crippen molar-refractivity contribution >= 4 is 23.0 Å². The number of anilines is 1. The van der Waals surface area contributed by atoms with Crippen molar-refractivity contribution in [2.45, 2.75) is 57.1 Å². The fraction of sp³-hybridized carbons (Fsp3) is 0.667. The first-order valence-corrected chi connectivity index (χ1v) is 9.81. The molecule has 2 aromatic rings. The van der Waals surface area contributed by atoms with Gasteiger partial charge in [-0.3, -0.25) is 24.5 Å². The van der Waals surface area contributed by atoms with Crippen molar-refractivity contribution in [1.82, 2.24) is 19.5 Å². The predicted molar refractivity (Wildman–Crippen MR) is 101 cm³/mol. The number of carbonyl (C=O) groups is 1. The van der Waals surface area contributed by atoms with Gasteiger partial charge in [0, 0.05) is 5.92 Å². The van der Waals surface area contributed by atoms with E-state index in [0.29, 0.717) is 5.92 Å². The minimum atomic E-state index is -1.34. The van der Waals surface area contributed by atoms with Crippen molar-refractivity contribution in [3.8, 4) is 0 Å². The van der Waals surface area contributed by atoms with E-state index in [1.807, 2.05) is 6.92 Å². The van der Waals surface area contributed by atoms with E-state index < -0.39 is 36.7 Å². The summed E-state index contributed by atoms with van der Waals surface area (Å²) in [5.41, 5.74) is -0.457. The first kappa shape index (κ1) is 20.0. The van der Waals surface area contributed by atoms with Gasteiger partial charge in [0.25, 0.3) is 5.56 Å². The lowest BCUT2D eigenvalue weighted by Crippen LogP contribution is -2.33. The molecule has 1 aliphatic carbocycles. The average Bonchev–Trinajstić information content (AvgIpc) is 3.42. The second-order valence-corrected chi connectivity index (χ2v) is 7.79. The quantitative estimate of drug-likeness (QED) is 0.443. The molecular weight excluding hydrogens is 382 g/mol. The van der Waals surface area contributed by atoms with Crippen LogP contribution in [-0.4, -0.2) is 65.7 Å². The molecule has 2 aromatic heterocycles. The van der Waals surface area contributed by atoms with Gasteiger partial charge >= 0.3 is 0 Å². The molecule has 5 N–H and O–H groups in total. The Bertz CT molecular complexity index is 952. The molecule has 1 unspecified atom stereocenters. The van der Waals surface area contributed by atoms with Crippen molar-refractivity contribution in [3.63, 3.8) is 0 Å². The smallest absolute Gasteiger partial charge is 0.280 e. The number of aliphatic hydroxyl groups is 3. The normalized spacial score (nSPS) is 28.8. The molecule has 0 bridgehead atoms. The summed E-state index contributed by atoms with van der Waals surface area (Å²) < 4.78 is 6.80. The molecular formula is C18H25N5O6. The summed E-state index contributed by atoms with van der Waals surface area (Å²) in [4.78, 5) is 35.7. The summed E-state index contributed by atoms with van der Waals surface area (Å²) in [6, 6.07) is 0. The number of nitrogens with one attached hydrogen (secondary N) is 2. The molecule has 1 amide bonds. The number of hydrogen-bond acceptors (Lipinski definition) is 8. The molecule has 5 atom stereocenters. The molecule has 29 heavy (non-hydrogen) atoms. The average molecular weight is 407 g/mol. The number of amides is 1. The molecule has 11 heteroatoms. The van der Waals surface area contributed by atoms with Gasteiger partial charge in [-0.05, 0) is 18.8 Å². The van der Waals surface area contributed by atoms with Crippen molar-refractivity contribution in [2.75, 3.05) is 11.9 Å². The maximum atomic E-state index is 12.6. The lowest BCUT2D eigenvalue weighted by Gasteiger charge is -2.18. The molecule has 2 fully saturated rings. The third-order valence-corrected chi connectivity index (χ3v) is 5.99. The van der Waals surface area contributed by atoms with Gasteiger partial charge in [-0.25, -0.2) is 4.98 Å². The zero-order valence-electron chi connectivity index (χ0n) is 16.0. The van der Waals surface area contributed by atoms with Crippen LogP contribution in [0.25, 0.3) is 11.2 Å². The summed E-state index contributed by atoms with van der Waals surface area (Å²) in [7, 11) is 0. The van der Waals surface area contributed by atoms with Gasteiger partial charge in [-0.15, -0.1) is 0 Å². The minimum absolute atomic E-state index is 0.00424. The molecule has 1 saturated heterocycles. The number of carbonyl (C=O) groups excluding carboxylic acids is 1. The maximum absolute atomic E-state index is 12.6. The number of fused-ring (bicyclic) bond motifs is 1. The second kappa shape index (κ2) is 7.82. The van der Waals surface area contributed by atoms with Crippen LogP contribution in [0.4, 0.5) is 5.95 Å². The van der Waals surface area contributed by atoms with Gasteiger partial charge in [0.15, 0.2) is 17.4 Å². The Balaban J connectivity index is 1.62. The van der Waals surface area contributed by atoms with Crippen LogP contribution in [0.15, 0.2) is 11.1 Å². The molecule has 0 aromatic carbocycles. The number of imidazole rings is 1. The number of aliphatic hydroxyl groups excluding tert-OH is 3. The standard InChI is InChI=1S/C18H25N5O6/c1-8(9-4-2-3-5-9)15(27)21-18-20-14-11(16(28)22-18)19-7-23(14)17-13(26)12(25)10(6-24)29-17/h7-10,12-13,17,24-26H,2-6H2,1H3,(H2,20,21,22,27,28)/t8?,10-,12-,13-,17-/m1/s1. The Morgan fingerprint density at radius 1 is 1.38 bits per heavy atom. The van der Waals surface area contributed by atoms with Crippen LogP contribution in [-0.2, 0) is 9.53 Å². The van der Waals surface area contributed by atoms with E-state index in [2.05, 4.69) is 20.3 Å². The summed E-state index contributed by atoms with van der Waals surface area (Å²) in [5, 5.41) is 32.2. The molecule has 0 spiro atoms. The predicted octanol–water partition coefficient (Wildman–Crippen LogP) is -0.504. The Hall–Kier alpha value is -2.34. The monoisotopic (exact) mass is 407 g/mol. The Morgan fingerprint density at radius 3 is 2.76 bits per heavy atom. The summed E-state index contributed by atoms with van der Waals surface area (Å²) in [5.74, 6) is -0.136. The highest BCUT2D eigenvalue weighted by Gasteiger charge is 2.44. The number of rotatable bonds is 5. The van der Waals surface area contributed by atoms with E-state index in [0.717, 1.165) is 25.7 Å². The van der Waals surface area contributed by atoms with Crippen LogP contribution in [0.2, 0.25) is 0 Å². The van der Waals surface area contributed by atoms with Crippen LogP contribution in [0.5, 0.6) is 0 Å². The van der Waals surface area contributed by atoms with E-state index in [-0.39, 0.29) is 28.9 Å². The summed E-state index contributed by atoms with van der Waals surface area (Å²) in [6.45, 7) is 1.39. The van der Waals surface area contributed by atoms with Crippen LogP contribution in [0.1, 0.15) is 38.8 Å². The number of ether oxygens (including phenoxy) is 1. The highest BCUT2D eigenvalue weighted by molar-refractivity contribution is 5.91. The number of hydrogen-bond donors (Lipinski definition) is 5. The van der Waals surface area contributed by atoms with Gasteiger partial charge < -0.3 is 20.1 Å². The second-order valence-electron chi connectivity index (χ2n) is 7.79.